The summed E-state index contributed by atoms with van der Waals surface area (Å²) >= 11 is 6.13. The summed E-state index contributed by atoms with van der Waals surface area (Å²) in [5.41, 5.74) is 2.26. The number of aromatic nitrogens is 1. The summed E-state index contributed by atoms with van der Waals surface area (Å²) in [6.45, 7) is 1.80. The zero-order valence-electron chi connectivity index (χ0n) is 17.9. The predicted molar refractivity (Wildman–Crippen MR) is 140 cm³/mol. The number of benzene rings is 3. The first-order chi connectivity index (χ1) is 16.4. The van der Waals surface area contributed by atoms with E-state index in [2.05, 4.69) is 31.5 Å². The van der Waals surface area contributed by atoms with E-state index in [1.54, 1.807) is 31.2 Å². The van der Waals surface area contributed by atoms with Crippen molar-refractivity contribution in [3.05, 3.63) is 94.0 Å². The molecule has 1 heterocycles. The second kappa shape index (κ2) is 10.9. The Hall–Kier alpha value is -3.01. The molecule has 0 aliphatic carbocycles. The van der Waals surface area contributed by atoms with Crippen molar-refractivity contribution in [3.8, 4) is 11.3 Å². The number of carbonyl (C=O) groups excluding carboxylic acids is 2. The Morgan fingerprint density at radius 2 is 1.79 bits per heavy atom. The van der Waals surface area contributed by atoms with Gasteiger partial charge in [-0.15, -0.1) is 23.1 Å². The highest BCUT2D eigenvalue weighted by Gasteiger charge is 2.17. The van der Waals surface area contributed by atoms with Crippen LogP contribution >= 0.6 is 39.0 Å². The lowest BCUT2D eigenvalue weighted by atomic mass is 10.2. The lowest BCUT2D eigenvalue weighted by Crippen LogP contribution is -2.22. The molecular weight excluding hydrogens is 537 g/mol. The van der Waals surface area contributed by atoms with Crippen molar-refractivity contribution in [3.63, 3.8) is 0 Å². The van der Waals surface area contributed by atoms with E-state index in [1.165, 1.54) is 41.3 Å². The average Bonchev–Trinajstić information content (AvgIpc) is 3.28. The molecule has 1 aromatic heterocycles. The van der Waals surface area contributed by atoms with Crippen LogP contribution < -0.4 is 10.6 Å². The fraction of sp³-hybridized carbons (Fsp3) is 0.0800. The van der Waals surface area contributed by atoms with E-state index < -0.39 is 17.0 Å². The van der Waals surface area contributed by atoms with E-state index in [0.29, 0.717) is 10.8 Å². The van der Waals surface area contributed by atoms with E-state index in [4.69, 9.17) is 0 Å². The van der Waals surface area contributed by atoms with Gasteiger partial charge in [-0.05, 0) is 49.4 Å². The second-order valence-electron chi connectivity index (χ2n) is 7.26. The van der Waals surface area contributed by atoms with Gasteiger partial charge in [-0.1, -0.05) is 46.3 Å². The normalized spacial score (nSPS) is 11.6. The number of hydrogen-bond donors (Lipinski definition) is 2. The van der Waals surface area contributed by atoms with Gasteiger partial charge in [-0.25, -0.2) is 9.37 Å². The van der Waals surface area contributed by atoms with Crippen molar-refractivity contribution in [1.29, 1.82) is 0 Å². The molecule has 0 aliphatic heterocycles. The van der Waals surface area contributed by atoms with E-state index >= 15 is 0 Å². The van der Waals surface area contributed by atoms with Crippen molar-refractivity contribution in [1.82, 2.24) is 4.98 Å². The highest BCUT2D eigenvalue weighted by molar-refractivity contribution is 9.10. The van der Waals surface area contributed by atoms with Gasteiger partial charge in [-0.2, -0.15) is 0 Å². The van der Waals surface area contributed by atoms with Crippen molar-refractivity contribution in [2.75, 3.05) is 10.6 Å². The number of hydrogen-bond acceptors (Lipinski definition) is 5. The van der Waals surface area contributed by atoms with E-state index in [-0.39, 0.29) is 11.5 Å². The van der Waals surface area contributed by atoms with Gasteiger partial charge in [0, 0.05) is 26.0 Å². The third-order valence-corrected chi connectivity index (χ3v) is 7.15. The molecule has 3 aromatic carbocycles. The van der Waals surface area contributed by atoms with Crippen LogP contribution in [0, 0.1) is 5.82 Å². The summed E-state index contributed by atoms with van der Waals surface area (Å²) in [5.74, 6) is -1.29. The number of halogens is 2. The standard InChI is InChI=1S/C25H19BrFN3O2S2/c1-15(23(31)30-25-29-22(14-33-25)16-9-11-17(26)12-10-16)34-19-6-4-5-18(13-19)28-24(32)20-7-2-3-8-21(20)27/h2-15H,1H3,(H,28,32)(H,29,30,31). The van der Waals surface area contributed by atoms with Gasteiger partial charge in [0.15, 0.2) is 5.13 Å². The van der Waals surface area contributed by atoms with Crippen LogP contribution in [0.2, 0.25) is 0 Å². The SMILES string of the molecule is CC(Sc1cccc(NC(=O)c2ccccc2F)c1)C(=O)Nc1nc(-c2ccc(Br)cc2)cs1. The molecule has 34 heavy (non-hydrogen) atoms. The lowest BCUT2D eigenvalue weighted by molar-refractivity contribution is -0.115. The molecule has 2 amide bonds. The van der Waals surface area contributed by atoms with E-state index in [0.717, 1.165) is 20.6 Å². The summed E-state index contributed by atoms with van der Waals surface area (Å²) < 4.78 is 14.8. The van der Waals surface area contributed by atoms with Crippen LogP contribution in [0.25, 0.3) is 11.3 Å². The summed E-state index contributed by atoms with van der Waals surface area (Å²) in [5, 5.41) is 7.59. The van der Waals surface area contributed by atoms with Crippen molar-refractivity contribution in [2.45, 2.75) is 17.1 Å². The lowest BCUT2D eigenvalue weighted by Gasteiger charge is -2.12. The highest BCUT2D eigenvalue weighted by Crippen LogP contribution is 2.29. The Kier molecular flexibility index (Phi) is 7.77. The molecule has 5 nitrogen and oxygen atoms in total. The van der Waals surface area contributed by atoms with Crippen LogP contribution in [0.4, 0.5) is 15.2 Å². The number of amides is 2. The molecular formula is C25H19BrFN3O2S2. The zero-order valence-corrected chi connectivity index (χ0v) is 21.1. The number of rotatable bonds is 7. The Balaban J connectivity index is 1.37. The molecule has 2 N–H and O–H groups in total. The van der Waals surface area contributed by atoms with Crippen molar-refractivity contribution >= 4 is 61.7 Å². The smallest absolute Gasteiger partial charge is 0.258 e. The van der Waals surface area contributed by atoms with E-state index in [1.807, 2.05) is 35.7 Å². The largest absolute Gasteiger partial charge is 0.322 e. The first-order valence-electron chi connectivity index (χ1n) is 10.2. The van der Waals surface area contributed by atoms with Gasteiger partial charge in [-0.3, -0.25) is 9.59 Å². The third-order valence-electron chi connectivity index (χ3n) is 4.77. The van der Waals surface area contributed by atoms with Crippen LogP contribution in [0.5, 0.6) is 0 Å². The number of carbonyl (C=O) groups is 2. The Morgan fingerprint density at radius 3 is 2.56 bits per heavy atom. The first-order valence-corrected chi connectivity index (χ1v) is 12.8. The minimum Gasteiger partial charge on any atom is -0.322 e. The van der Waals surface area contributed by atoms with Gasteiger partial charge in [0.2, 0.25) is 5.91 Å². The molecule has 0 fully saturated rings. The summed E-state index contributed by atoms with van der Waals surface area (Å²) in [6.07, 6.45) is 0. The number of nitrogens with zero attached hydrogens (tertiary/aromatic N) is 1. The van der Waals surface area contributed by atoms with Crippen LogP contribution in [0.1, 0.15) is 17.3 Å². The monoisotopic (exact) mass is 555 g/mol. The molecule has 0 aliphatic rings. The Morgan fingerprint density at radius 1 is 1.03 bits per heavy atom. The molecule has 9 heteroatoms. The Bertz CT molecular complexity index is 1330. The topological polar surface area (TPSA) is 71.1 Å². The van der Waals surface area contributed by atoms with Crippen molar-refractivity contribution < 1.29 is 14.0 Å². The zero-order chi connectivity index (χ0) is 24.1. The highest BCUT2D eigenvalue weighted by atomic mass is 79.9. The van der Waals surface area contributed by atoms with Gasteiger partial charge in [0.05, 0.1) is 16.5 Å². The molecule has 0 saturated heterocycles. The molecule has 4 rings (SSSR count). The van der Waals surface area contributed by atoms with Crippen LogP contribution in [0.3, 0.4) is 0 Å². The molecule has 0 saturated carbocycles. The van der Waals surface area contributed by atoms with Gasteiger partial charge in [0.25, 0.3) is 5.91 Å². The number of anilines is 2. The molecule has 0 radical (unpaired) electrons. The molecule has 0 spiro atoms. The minimum atomic E-state index is -0.582. The summed E-state index contributed by atoms with van der Waals surface area (Å²) in [7, 11) is 0. The maximum Gasteiger partial charge on any atom is 0.258 e. The quantitative estimate of drug-likeness (QED) is 0.239. The maximum absolute atomic E-state index is 13.9. The molecule has 1 atom stereocenters. The maximum atomic E-state index is 13.9. The van der Waals surface area contributed by atoms with Gasteiger partial charge >= 0.3 is 0 Å². The fourth-order valence-electron chi connectivity index (χ4n) is 3.04. The molecule has 0 bridgehead atoms. The summed E-state index contributed by atoms with van der Waals surface area (Å²) in [4.78, 5) is 30.4. The number of nitrogens with one attached hydrogen (secondary N) is 2. The Labute approximate surface area is 213 Å². The number of thioether (sulfide) groups is 1. The van der Waals surface area contributed by atoms with Gasteiger partial charge in [0.1, 0.15) is 5.82 Å². The predicted octanol–water partition coefficient (Wildman–Crippen LogP) is 7.08. The molecule has 1 unspecified atom stereocenters. The van der Waals surface area contributed by atoms with E-state index in [9.17, 15) is 14.0 Å². The van der Waals surface area contributed by atoms with Crippen LogP contribution in [-0.2, 0) is 4.79 Å². The van der Waals surface area contributed by atoms with Gasteiger partial charge < -0.3 is 10.6 Å². The second-order valence-corrected chi connectivity index (χ2v) is 10.4. The van der Waals surface area contributed by atoms with Crippen LogP contribution in [-0.4, -0.2) is 22.0 Å². The minimum absolute atomic E-state index is 0.0285. The molecule has 4 aromatic rings. The van der Waals surface area contributed by atoms with Crippen molar-refractivity contribution in [2.24, 2.45) is 0 Å². The summed E-state index contributed by atoms with van der Waals surface area (Å²) in [6, 6.07) is 20.7. The first kappa shape index (κ1) is 24.1. The fourth-order valence-corrected chi connectivity index (χ4v) is 4.95. The molecule has 172 valence electrons. The third kappa shape index (κ3) is 6.11. The van der Waals surface area contributed by atoms with Crippen LogP contribution in [0.15, 0.2) is 87.5 Å². The average molecular weight is 556 g/mol. The number of thiazole rings is 1.